The molecule has 0 bridgehead atoms. The van der Waals surface area contributed by atoms with E-state index in [1.165, 1.54) is 24.3 Å². The maximum atomic E-state index is 13.5. The van der Waals surface area contributed by atoms with Crippen molar-refractivity contribution in [1.82, 2.24) is 10.4 Å². The van der Waals surface area contributed by atoms with Crippen LogP contribution in [0, 0.1) is 15.9 Å². The molecular formula is C12H8ClFN4O3. The minimum atomic E-state index is -0.793. The molecule has 0 saturated carbocycles. The van der Waals surface area contributed by atoms with Gasteiger partial charge in [-0.05, 0) is 18.2 Å². The lowest BCUT2D eigenvalue weighted by molar-refractivity contribution is -0.385. The van der Waals surface area contributed by atoms with Crippen LogP contribution < -0.4 is 10.9 Å². The third-order valence-electron chi connectivity index (χ3n) is 2.45. The molecular weight excluding hydrogens is 303 g/mol. The summed E-state index contributed by atoms with van der Waals surface area (Å²) in [5, 5.41) is 10.4. The van der Waals surface area contributed by atoms with Crippen LogP contribution in [0.4, 0.5) is 15.9 Å². The summed E-state index contributed by atoms with van der Waals surface area (Å²) in [6.45, 7) is 0. The molecule has 108 valence electrons. The summed E-state index contributed by atoms with van der Waals surface area (Å²) in [6, 6.07) is 6.35. The number of carbonyl (C=O) groups excluding carboxylic acids is 1. The molecule has 2 N–H and O–H groups in total. The molecule has 1 heterocycles. The van der Waals surface area contributed by atoms with Crippen LogP contribution in [0.3, 0.4) is 0 Å². The number of hydrogen-bond donors (Lipinski definition) is 2. The number of anilines is 1. The molecule has 9 heteroatoms. The highest BCUT2D eigenvalue weighted by Gasteiger charge is 2.15. The molecule has 0 saturated heterocycles. The maximum absolute atomic E-state index is 13.5. The number of carbonyl (C=O) groups is 1. The number of amides is 1. The van der Waals surface area contributed by atoms with E-state index < -0.39 is 16.6 Å². The summed E-state index contributed by atoms with van der Waals surface area (Å²) in [6.07, 6.45) is 1.02. The number of pyridine rings is 1. The Morgan fingerprint density at radius 1 is 1.33 bits per heavy atom. The zero-order chi connectivity index (χ0) is 15.4. The Morgan fingerprint density at radius 2 is 2.10 bits per heavy atom. The quantitative estimate of drug-likeness (QED) is 0.668. The van der Waals surface area contributed by atoms with Crippen molar-refractivity contribution >= 4 is 29.0 Å². The van der Waals surface area contributed by atoms with Gasteiger partial charge in [-0.3, -0.25) is 25.8 Å². The first-order valence-corrected chi connectivity index (χ1v) is 5.97. The second kappa shape index (κ2) is 6.14. The van der Waals surface area contributed by atoms with E-state index in [2.05, 4.69) is 15.8 Å². The summed E-state index contributed by atoms with van der Waals surface area (Å²) in [4.78, 5) is 25.4. The summed E-state index contributed by atoms with van der Waals surface area (Å²) in [5.74, 6) is -1.40. The van der Waals surface area contributed by atoms with Gasteiger partial charge in [-0.2, -0.15) is 0 Å². The van der Waals surface area contributed by atoms with Crippen molar-refractivity contribution in [1.29, 1.82) is 0 Å². The van der Waals surface area contributed by atoms with Crippen molar-refractivity contribution in [3.63, 3.8) is 0 Å². The SMILES string of the molecule is O=C(NNc1ccc([N+](=O)[O-])cn1)c1c(F)cccc1Cl. The zero-order valence-electron chi connectivity index (χ0n) is 10.3. The number of benzene rings is 1. The normalized spacial score (nSPS) is 10.0. The molecule has 0 spiro atoms. The van der Waals surface area contributed by atoms with Crippen LogP contribution in [0.5, 0.6) is 0 Å². The summed E-state index contributed by atoms with van der Waals surface area (Å²) < 4.78 is 13.5. The molecule has 0 aliphatic heterocycles. The lowest BCUT2D eigenvalue weighted by Gasteiger charge is -2.09. The minimum absolute atomic E-state index is 0.0361. The van der Waals surface area contributed by atoms with E-state index in [4.69, 9.17) is 11.6 Å². The van der Waals surface area contributed by atoms with E-state index in [0.29, 0.717) is 0 Å². The number of rotatable bonds is 4. The highest BCUT2D eigenvalue weighted by molar-refractivity contribution is 6.33. The van der Waals surface area contributed by atoms with Crippen LogP contribution in [0.25, 0.3) is 0 Å². The van der Waals surface area contributed by atoms with Crippen LogP contribution in [-0.2, 0) is 0 Å². The third-order valence-corrected chi connectivity index (χ3v) is 2.77. The summed E-state index contributed by atoms with van der Waals surface area (Å²) >= 11 is 5.74. The molecule has 1 aromatic heterocycles. The first kappa shape index (κ1) is 14.7. The fourth-order valence-electron chi connectivity index (χ4n) is 1.47. The van der Waals surface area contributed by atoms with Gasteiger partial charge < -0.3 is 0 Å². The summed E-state index contributed by atoms with van der Waals surface area (Å²) in [5.41, 5.74) is 4.10. The highest BCUT2D eigenvalue weighted by atomic mass is 35.5. The van der Waals surface area contributed by atoms with Crippen molar-refractivity contribution in [3.05, 3.63) is 63.0 Å². The van der Waals surface area contributed by atoms with Gasteiger partial charge >= 0.3 is 0 Å². The van der Waals surface area contributed by atoms with E-state index in [9.17, 15) is 19.3 Å². The molecule has 2 rings (SSSR count). The molecule has 1 aromatic carbocycles. The Balaban J connectivity index is 2.06. The largest absolute Gasteiger partial charge is 0.287 e. The van der Waals surface area contributed by atoms with E-state index in [0.717, 1.165) is 12.3 Å². The van der Waals surface area contributed by atoms with Crippen molar-refractivity contribution in [3.8, 4) is 0 Å². The van der Waals surface area contributed by atoms with Gasteiger partial charge in [0, 0.05) is 6.07 Å². The average Bonchev–Trinajstić information content (AvgIpc) is 2.45. The fraction of sp³-hybridized carbons (Fsp3) is 0. The van der Waals surface area contributed by atoms with Crippen LogP contribution in [-0.4, -0.2) is 15.8 Å². The van der Waals surface area contributed by atoms with E-state index in [1.807, 2.05) is 0 Å². The standard InChI is InChI=1S/C12H8ClFN4O3/c13-8-2-1-3-9(14)11(8)12(19)17-16-10-5-4-7(6-15-10)18(20)21/h1-6H,(H,15,16)(H,17,19). The van der Waals surface area contributed by atoms with Crippen LogP contribution in [0.1, 0.15) is 10.4 Å². The second-order valence-corrected chi connectivity index (χ2v) is 4.24. The molecule has 0 fully saturated rings. The Kier molecular flexibility index (Phi) is 4.29. The highest BCUT2D eigenvalue weighted by Crippen LogP contribution is 2.18. The molecule has 7 nitrogen and oxygen atoms in total. The number of nitrogens with one attached hydrogen (secondary N) is 2. The Morgan fingerprint density at radius 3 is 2.67 bits per heavy atom. The van der Waals surface area contributed by atoms with Crippen LogP contribution in [0.15, 0.2) is 36.5 Å². The van der Waals surface area contributed by atoms with Crippen LogP contribution >= 0.6 is 11.6 Å². The van der Waals surface area contributed by atoms with Gasteiger partial charge in [0.2, 0.25) is 0 Å². The third kappa shape index (κ3) is 3.42. The average molecular weight is 311 g/mol. The first-order valence-electron chi connectivity index (χ1n) is 5.60. The van der Waals surface area contributed by atoms with Crippen molar-refractivity contribution in [2.75, 3.05) is 5.43 Å². The molecule has 21 heavy (non-hydrogen) atoms. The number of hydrazine groups is 1. The molecule has 1 amide bonds. The zero-order valence-corrected chi connectivity index (χ0v) is 11.1. The van der Waals surface area contributed by atoms with E-state index in [1.54, 1.807) is 0 Å². The molecule has 0 unspecified atom stereocenters. The van der Waals surface area contributed by atoms with Crippen molar-refractivity contribution in [2.45, 2.75) is 0 Å². The van der Waals surface area contributed by atoms with E-state index in [-0.39, 0.29) is 22.1 Å². The predicted octanol–water partition coefficient (Wildman–Crippen LogP) is 2.54. The van der Waals surface area contributed by atoms with Gasteiger partial charge in [0.1, 0.15) is 17.8 Å². The van der Waals surface area contributed by atoms with Gasteiger partial charge in [-0.25, -0.2) is 9.37 Å². The maximum Gasteiger partial charge on any atom is 0.287 e. The van der Waals surface area contributed by atoms with Gasteiger partial charge in [0.15, 0.2) is 0 Å². The first-order chi connectivity index (χ1) is 9.99. The minimum Gasteiger partial charge on any atom is -0.282 e. The summed E-state index contributed by atoms with van der Waals surface area (Å²) in [7, 11) is 0. The van der Waals surface area contributed by atoms with Gasteiger partial charge in [-0.1, -0.05) is 17.7 Å². The lowest BCUT2D eigenvalue weighted by atomic mass is 10.2. The van der Waals surface area contributed by atoms with Crippen LogP contribution in [0.2, 0.25) is 5.02 Å². The molecule has 0 atom stereocenters. The van der Waals surface area contributed by atoms with Crippen molar-refractivity contribution in [2.24, 2.45) is 0 Å². The van der Waals surface area contributed by atoms with Gasteiger partial charge in [0.05, 0.1) is 15.5 Å². The molecule has 2 aromatic rings. The molecule has 0 aliphatic carbocycles. The van der Waals surface area contributed by atoms with Gasteiger partial charge in [0.25, 0.3) is 11.6 Å². The molecule has 0 aliphatic rings. The Hall–Kier alpha value is -2.74. The second-order valence-electron chi connectivity index (χ2n) is 3.83. The van der Waals surface area contributed by atoms with Gasteiger partial charge in [-0.15, -0.1) is 0 Å². The fourth-order valence-corrected chi connectivity index (χ4v) is 1.71. The number of nitro groups is 1. The topological polar surface area (TPSA) is 97.2 Å². The predicted molar refractivity (Wildman–Crippen MR) is 73.4 cm³/mol. The smallest absolute Gasteiger partial charge is 0.282 e. The molecule has 0 radical (unpaired) electrons. The number of hydrogen-bond acceptors (Lipinski definition) is 5. The number of aromatic nitrogens is 1. The lowest BCUT2D eigenvalue weighted by Crippen LogP contribution is -2.30. The van der Waals surface area contributed by atoms with Crippen molar-refractivity contribution < 1.29 is 14.1 Å². The van der Waals surface area contributed by atoms with E-state index >= 15 is 0 Å². The number of halogens is 2. The number of nitrogens with zero attached hydrogens (tertiary/aromatic N) is 2. The Bertz CT molecular complexity index is 673. The monoisotopic (exact) mass is 310 g/mol. The Labute approximate surface area is 122 Å².